The SMILES string of the molecule is C[C@H](NC(=O)C1CCC(O)CC1)c1cc2cc(Cl)ccc2o1. The van der Waals surface area contributed by atoms with Crippen molar-refractivity contribution < 1.29 is 14.3 Å². The molecule has 1 aromatic heterocycles. The van der Waals surface area contributed by atoms with Crippen LogP contribution in [0.4, 0.5) is 0 Å². The summed E-state index contributed by atoms with van der Waals surface area (Å²) in [6.45, 7) is 1.91. The highest BCUT2D eigenvalue weighted by molar-refractivity contribution is 6.31. The van der Waals surface area contributed by atoms with Crippen molar-refractivity contribution in [3.8, 4) is 0 Å². The molecule has 1 aliphatic carbocycles. The summed E-state index contributed by atoms with van der Waals surface area (Å²) in [6.07, 6.45) is 2.65. The van der Waals surface area contributed by atoms with Crippen molar-refractivity contribution >= 4 is 28.5 Å². The topological polar surface area (TPSA) is 62.5 Å². The Balaban J connectivity index is 1.67. The molecule has 0 radical (unpaired) electrons. The molecule has 3 rings (SSSR count). The van der Waals surface area contributed by atoms with Crippen molar-refractivity contribution in [1.29, 1.82) is 0 Å². The summed E-state index contributed by atoms with van der Waals surface area (Å²) in [6, 6.07) is 7.19. The number of benzene rings is 1. The van der Waals surface area contributed by atoms with Crippen LogP contribution in [0.2, 0.25) is 5.02 Å². The zero-order chi connectivity index (χ0) is 15.7. The van der Waals surface area contributed by atoms with Crippen LogP contribution in [0.15, 0.2) is 28.7 Å². The van der Waals surface area contributed by atoms with Gasteiger partial charge in [0, 0.05) is 16.3 Å². The van der Waals surface area contributed by atoms with Crippen LogP contribution in [0.5, 0.6) is 0 Å². The van der Waals surface area contributed by atoms with Crippen molar-refractivity contribution in [2.24, 2.45) is 5.92 Å². The van der Waals surface area contributed by atoms with Crippen molar-refractivity contribution in [2.45, 2.75) is 44.8 Å². The molecule has 0 saturated heterocycles. The summed E-state index contributed by atoms with van der Waals surface area (Å²) in [4.78, 5) is 12.3. The highest BCUT2D eigenvalue weighted by atomic mass is 35.5. The highest BCUT2D eigenvalue weighted by Crippen LogP contribution is 2.28. The summed E-state index contributed by atoms with van der Waals surface area (Å²) in [5.74, 6) is 0.754. The Labute approximate surface area is 134 Å². The predicted molar refractivity (Wildman–Crippen MR) is 85.7 cm³/mol. The van der Waals surface area contributed by atoms with E-state index in [9.17, 15) is 9.90 Å². The molecule has 1 amide bonds. The molecule has 118 valence electrons. The Morgan fingerprint density at radius 3 is 2.77 bits per heavy atom. The number of furan rings is 1. The third-order valence-corrected chi connectivity index (χ3v) is 4.59. The second-order valence-corrected chi connectivity index (χ2v) is 6.50. The number of nitrogens with one attached hydrogen (secondary N) is 1. The Hall–Kier alpha value is -1.52. The number of carbonyl (C=O) groups is 1. The quantitative estimate of drug-likeness (QED) is 0.903. The molecule has 5 heteroatoms. The normalized spacial score (nSPS) is 23.4. The minimum Gasteiger partial charge on any atom is -0.459 e. The summed E-state index contributed by atoms with van der Waals surface area (Å²) >= 11 is 5.97. The zero-order valence-corrected chi connectivity index (χ0v) is 13.3. The average Bonchev–Trinajstić information content (AvgIpc) is 2.91. The van der Waals surface area contributed by atoms with Gasteiger partial charge in [0.2, 0.25) is 5.91 Å². The molecule has 1 aliphatic rings. The van der Waals surface area contributed by atoms with Crippen LogP contribution >= 0.6 is 11.6 Å². The van der Waals surface area contributed by atoms with Gasteiger partial charge in [0.1, 0.15) is 11.3 Å². The third kappa shape index (κ3) is 3.28. The number of halogens is 1. The molecule has 1 heterocycles. The molecular formula is C17H20ClNO3. The minimum atomic E-state index is -0.249. The van der Waals surface area contributed by atoms with Gasteiger partial charge in [0.25, 0.3) is 0 Å². The fourth-order valence-corrected chi connectivity index (χ4v) is 3.17. The van der Waals surface area contributed by atoms with E-state index in [1.807, 2.05) is 25.1 Å². The van der Waals surface area contributed by atoms with Crippen LogP contribution in [0, 0.1) is 5.92 Å². The molecule has 0 spiro atoms. The Morgan fingerprint density at radius 1 is 1.32 bits per heavy atom. The van der Waals surface area contributed by atoms with E-state index < -0.39 is 0 Å². The van der Waals surface area contributed by atoms with Gasteiger partial charge in [-0.05, 0) is 56.9 Å². The number of hydrogen-bond donors (Lipinski definition) is 2. The van der Waals surface area contributed by atoms with E-state index in [1.165, 1.54) is 0 Å². The van der Waals surface area contributed by atoms with Crippen molar-refractivity contribution in [3.63, 3.8) is 0 Å². The first-order valence-corrected chi connectivity index (χ1v) is 8.08. The zero-order valence-electron chi connectivity index (χ0n) is 12.5. The predicted octanol–water partition coefficient (Wildman–Crippen LogP) is 3.81. The number of hydrogen-bond acceptors (Lipinski definition) is 3. The summed E-state index contributed by atoms with van der Waals surface area (Å²) in [7, 11) is 0. The molecule has 0 unspecified atom stereocenters. The van der Waals surface area contributed by atoms with E-state index in [4.69, 9.17) is 16.0 Å². The number of carbonyl (C=O) groups excluding carboxylic acids is 1. The molecule has 0 bridgehead atoms. The van der Waals surface area contributed by atoms with Crippen LogP contribution in [-0.4, -0.2) is 17.1 Å². The summed E-state index contributed by atoms with van der Waals surface area (Å²) in [5, 5.41) is 14.1. The Morgan fingerprint density at radius 2 is 2.05 bits per heavy atom. The molecule has 1 atom stereocenters. The molecule has 4 nitrogen and oxygen atoms in total. The Bertz CT molecular complexity index is 674. The largest absolute Gasteiger partial charge is 0.459 e. The fourth-order valence-electron chi connectivity index (χ4n) is 2.99. The molecule has 2 N–H and O–H groups in total. The van der Waals surface area contributed by atoms with E-state index in [0.29, 0.717) is 17.9 Å². The molecule has 22 heavy (non-hydrogen) atoms. The van der Waals surface area contributed by atoms with Gasteiger partial charge < -0.3 is 14.8 Å². The molecule has 2 aromatic rings. The molecule has 1 aromatic carbocycles. The fraction of sp³-hybridized carbons (Fsp3) is 0.471. The number of amides is 1. The van der Waals surface area contributed by atoms with E-state index in [-0.39, 0.29) is 24.0 Å². The van der Waals surface area contributed by atoms with Crippen molar-refractivity contribution in [2.75, 3.05) is 0 Å². The van der Waals surface area contributed by atoms with Gasteiger partial charge >= 0.3 is 0 Å². The number of aliphatic hydroxyl groups is 1. The van der Waals surface area contributed by atoms with Crippen LogP contribution in [0.1, 0.15) is 44.4 Å². The van der Waals surface area contributed by atoms with E-state index in [1.54, 1.807) is 6.07 Å². The van der Waals surface area contributed by atoms with Gasteiger partial charge in [-0.3, -0.25) is 4.79 Å². The van der Waals surface area contributed by atoms with Gasteiger partial charge in [-0.1, -0.05) is 11.6 Å². The second-order valence-electron chi connectivity index (χ2n) is 6.07. The first-order chi connectivity index (χ1) is 10.5. The second kappa shape index (κ2) is 6.31. The van der Waals surface area contributed by atoms with Crippen molar-refractivity contribution in [3.05, 3.63) is 35.0 Å². The first-order valence-electron chi connectivity index (χ1n) is 7.70. The van der Waals surface area contributed by atoms with Crippen molar-refractivity contribution in [1.82, 2.24) is 5.32 Å². The lowest BCUT2D eigenvalue weighted by atomic mass is 9.87. The molecule has 1 fully saturated rings. The number of rotatable bonds is 3. The van der Waals surface area contributed by atoms with Gasteiger partial charge in [-0.2, -0.15) is 0 Å². The molecule has 0 aliphatic heterocycles. The molecule has 1 saturated carbocycles. The van der Waals surface area contributed by atoms with Gasteiger partial charge in [0.15, 0.2) is 0 Å². The van der Waals surface area contributed by atoms with Crippen LogP contribution in [0.25, 0.3) is 11.0 Å². The van der Waals surface area contributed by atoms with Gasteiger partial charge in [0.05, 0.1) is 12.1 Å². The monoisotopic (exact) mass is 321 g/mol. The summed E-state index contributed by atoms with van der Waals surface area (Å²) in [5.41, 5.74) is 0.765. The van der Waals surface area contributed by atoms with Crippen LogP contribution in [0.3, 0.4) is 0 Å². The van der Waals surface area contributed by atoms with Crippen LogP contribution in [-0.2, 0) is 4.79 Å². The number of aliphatic hydroxyl groups excluding tert-OH is 1. The van der Waals surface area contributed by atoms with E-state index in [2.05, 4.69) is 5.32 Å². The lowest BCUT2D eigenvalue weighted by Crippen LogP contribution is -2.35. The number of fused-ring (bicyclic) bond motifs is 1. The summed E-state index contributed by atoms with van der Waals surface area (Å²) < 4.78 is 5.78. The van der Waals surface area contributed by atoms with Gasteiger partial charge in [-0.25, -0.2) is 0 Å². The Kier molecular flexibility index (Phi) is 4.41. The van der Waals surface area contributed by atoms with Crippen LogP contribution < -0.4 is 5.32 Å². The maximum Gasteiger partial charge on any atom is 0.223 e. The standard InChI is InChI=1S/C17H20ClNO3/c1-10(19-17(21)11-2-5-14(20)6-3-11)16-9-12-8-13(18)4-7-15(12)22-16/h4,7-11,14,20H,2-3,5-6H2,1H3,(H,19,21)/t10-,11?,14?/m0/s1. The lowest BCUT2D eigenvalue weighted by Gasteiger charge is -2.25. The van der Waals surface area contributed by atoms with Gasteiger partial charge in [-0.15, -0.1) is 0 Å². The minimum absolute atomic E-state index is 0.00956. The maximum absolute atomic E-state index is 12.3. The third-order valence-electron chi connectivity index (χ3n) is 4.35. The smallest absolute Gasteiger partial charge is 0.223 e. The van der Waals surface area contributed by atoms with E-state index in [0.717, 1.165) is 29.6 Å². The molecular weight excluding hydrogens is 302 g/mol. The lowest BCUT2D eigenvalue weighted by molar-refractivity contribution is -0.127. The van der Waals surface area contributed by atoms with E-state index >= 15 is 0 Å². The first kappa shape index (κ1) is 15.4. The average molecular weight is 322 g/mol. The maximum atomic E-state index is 12.3. The highest BCUT2D eigenvalue weighted by Gasteiger charge is 2.26.